The minimum Gasteiger partial charge on any atom is -0.463 e. The lowest BCUT2D eigenvalue weighted by Gasteiger charge is -2.57. The van der Waals surface area contributed by atoms with Gasteiger partial charge < -0.3 is 9.47 Å². The lowest BCUT2D eigenvalue weighted by atomic mass is 9.49. The van der Waals surface area contributed by atoms with Crippen LogP contribution in [0.25, 0.3) is 0 Å². The first-order valence-electron chi connectivity index (χ1n) is 10.5. The summed E-state index contributed by atoms with van der Waals surface area (Å²) in [4.78, 5) is 23.4. The van der Waals surface area contributed by atoms with Crippen molar-refractivity contribution >= 4 is 11.9 Å². The second-order valence-corrected chi connectivity index (χ2v) is 9.37. The van der Waals surface area contributed by atoms with Crippen molar-refractivity contribution in [2.75, 3.05) is 13.2 Å². The smallest absolute Gasteiger partial charge is 0.331 e. The zero-order valence-electron chi connectivity index (χ0n) is 16.4. The Balaban J connectivity index is 1.32. The third kappa shape index (κ3) is 5.34. The summed E-state index contributed by atoms with van der Waals surface area (Å²) in [6.45, 7) is 5.16. The van der Waals surface area contributed by atoms with Gasteiger partial charge in [-0.3, -0.25) is 0 Å². The molecule has 0 aromatic rings. The largest absolute Gasteiger partial charge is 0.463 e. The van der Waals surface area contributed by atoms with Gasteiger partial charge in [-0.05, 0) is 86.9 Å². The van der Waals surface area contributed by atoms with Crippen molar-refractivity contribution in [2.24, 2.45) is 29.1 Å². The molecule has 4 fully saturated rings. The predicted octanol–water partition coefficient (Wildman–Crippen LogP) is 4.67. The van der Waals surface area contributed by atoms with Crippen LogP contribution in [0.15, 0.2) is 12.2 Å². The first-order valence-corrected chi connectivity index (χ1v) is 10.5. The number of carbonyl (C=O) groups is 2. The molecule has 4 bridgehead atoms. The Labute approximate surface area is 157 Å². The SMILES string of the molecule is CC(C)CCCOC(=O)/C=C/C(=O)OCCC12CC3CC(CC(C3)C1)C2. The van der Waals surface area contributed by atoms with E-state index in [2.05, 4.69) is 13.8 Å². The second-order valence-electron chi connectivity index (χ2n) is 9.37. The van der Waals surface area contributed by atoms with Crippen LogP contribution in [0.2, 0.25) is 0 Å². The summed E-state index contributed by atoms with van der Waals surface area (Å²) in [5.41, 5.74) is 0.425. The minimum atomic E-state index is -0.466. The number of hydrogen-bond donors (Lipinski definition) is 0. The average molecular weight is 363 g/mol. The maximum absolute atomic E-state index is 11.8. The second kappa shape index (κ2) is 8.58. The molecule has 26 heavy (non-hydrogen) atoms. The van der Waals surface area contributed by atoms with Crippen molar-refractivity contribution in [2.45, 2.75) is 71.6 Å². The van der Waals surface area contributed by atoms with Crippen molar-refractivity contribution in [3.63, 3.8) is 0 Å². The van der Waals surface area contributed by atoms with E-state index in [-0.39, 0.29) is 0 Å². The zero-order chi connectivity index (χ0) is 18.6. The Kier molecular flexibility index (Phi) is 6.42. The van der Waals surface area contributed by atoms with Gasteiger partial charge in [0.05, 0.1) is 13.2 Å². The van der Waals surface area contributed by atoms with Crippen molar-refractivity contribution in [1.82, 2.24) is 0 Å². The lowest BCUT2D eigenvalue weighted by molar-refractivity contribution is -0.142. The Hall–Kier alpha value is -1.32. The van der Waals surface area contributed by atoms with Gasteiger partial charge in [0.25, 0.3) is 0 Å². The van der Waals surface area contributed by atoms with E-state index in [4.69, 9.17) is 9.47 Å². The summed E-state index contributed by atoms with van der Waals surface area (Å²) >= 11 is 0. The molecule has 0 radical (unpaired) electrons. The number of carbonyl (C=O) groups excluding carboxylic acids is 2. The van der Waals surface area contributed by atoms with Gasteiger partial charge in [0.15, 0.2) is 0 Å². The van der Waals surface area contributed by atoms with Gasteiger partial charge >= 0.3 is 11.9 Å². The van der Waals surface area contributed by atoms with Gasteiger partial charge in [0, 0.05) is 12.2 Å². The van der Waals surface area contributed by atoms with Crippen LogP contribution in [-0.4, -0.2) is 25.2 Å². The van der Waals surface area contributed by atoms with Crippen molar-refractivity contribution < 1.29 is 19.1 Å². The van der Waals surface area contributed by atoms with Crippen molar-refractivity contribution in [3.05, 3.63) is 12.2 Å². The highest BCUT2D eigenvalue weighted by Crippen LogP contribution is 2.61. The fraction of sp³-hybridized carbons (Fsp3) is 0.818. The predicted molar refractivity (Wildman–Crippen MR) is 100 cm³/mol. The van der Waals surface area contributed by atoms with Crippen LogP contribution in [0, 0.1) is 29.1 Å². The summed E-state index contributed by atoms with van der Waals surface area (Å²) in [7, 11) is 0. The third-order valence-corrected chi connectivity index (χ3v) is 6.57. The summed E-state index contributed by atoms with van der Waals surface area (Å²) in [5.74, 6) is 2.46. The molecular weight excluding hydrogens is 328 g/mol. The van der Waals surface area contributed by atoms with Crippen LogP contribution in [0.1, 0.15) is 71.6 Å². The molecule has 0 spiro atoms. The van der Waals surface area contributed by atoms with Gasteiger partial charge in [-0.2, -0.15) is 0 Å². The van der Waals surface area contributed by atoms with E-state index < -0.39 is 11.9 Å². The molecule has 4 aliphatic rings. The molecule has 0 unspecified atom stereocenters. The Morgan fingerprint density at radius 3 is 1.92 bits per heavy atom. The van der Waals surface area contributed by atoms with Crippen LogP contribution in [-0.2, 0) is 19.1 Å². The Morgan fingerprint density at radius 2 is 1.42 bits per heavy atom. The maximum Gasteiger partial charge on any atom is 0.331 e. The monoisotopic (exact) mass is 362 g/mol. The number of hydrogen-bond acceptors (Lipinski definition) is 4. The standard InChI is InChI=1S/C22H34O4/c1-16(2)4-3-8-25-20(23)5-6-21(24)26-9-7-22-13-17-10-18(14-22)12-19(11-17)15-22/h5-6,16-19H,3-4,7-15H2,1-2H3/b6-5+. The number of ether oxygens (including phenoxy) is 2. The molecular formula is C22H34O4. The molecule has 0 aliphatic heterocycles. The molecule has 0 atom stereocenters. The van der Waals surface area contributed by atoms with Gasteiger partial charge in [-0.1, -0.05) is 13.8 Å². The van der Waals surface area contributed by atoms with Crippen LogP contribution in [0.3, 0.4) is 0 Å². The van der Waals surface area contributed by atoms with Gasteiger partial charge in [0.1, 0.15) is 0 Å². The van der Waals surface area contributed by atoms with E-state index in [1.807, 2.05) is 0 Å². The summed E-state index contributed by atoms with van der Waals surface area (Å²) in [6.07, 6.45) is 13.5. The molecule has 0 N–H and O–H groups in total. The molecule has 0 amide bonds. The quantitative estimate of drug-likeness (QED) is 0.340. The third-order valence-electron chi connectivity index (χ3n) is 6.57. The Bertz CT molecular complexity index is 499. The fourth-order valence-electron chi connectivity index (χ4n) is 5.86. The van der Waals surface area contributed by atoms with E-state index in [1.165, 1.54) is 50.7 Å². The summed E-state index contributed by atoms with van der Waals surface area (Å²) in [6, 6.07) is 0. The number of esters is 2. The molecule has 4 nitrogen and oxygen atoms in total. The minimum absolute atomic E-state index is 0.405. The van der Waals surface area contributed by atoms with E-state index in [1.54, 1.807) is 0 Å². The molecule has 4 heteroatoms. The van der Waals surface area contributed by atoms with E-state index in [9.17, 15) is 9.59 Å². The number of rotatable bonds is 9. The van der Waals surface area contributed by atoms with Crippen molar-refractivity contribution in [1.29, 1.82) is 0 Å². The van der Waals surface area contributed by atoms with Crippen LogP contribution in [0.5, 0.6) is 0 Å². The van der Waals surface area contributed by atoms with Gasteiger partial charge in [-0.25, -0.2) is 9.59 Å². The molecule has 4 saturated carbocycles. The summed E-state index contributed by atoms with van der Waals surface area (Å²) in [5, 5.41) is 0. The Morgan fingerprint density at radius 1 is 0.923 bits per heavy atom. The van der Waals surface area contributed by atoms with Crippen LogP contribution in [0.4, 0.5) is 0 Å². The summed E-state index contributed by atoms with van der Waals surface area (Å²) < 4.78 is 10.4. The van der Waals surface area contributed by atoms with E-state index in [0.717, 1.165) is 37.0 Å². The zero-order valence-corrected chi connectivity index (χ0v) is 16.4. The van der Waals surface area contributed by atoms with Gasteiger partial charge in [-0.15, -0.1) is 0 Å². The van der Waals surface area contributed by atoms with Crippen LogP contribution < -0.4 is 0 Å². The lowest BCUT2D eigenvalue weighted by Crippen LogP contribution is -2.46. The van der Waals surface area contributed by atoms with E-state index >= 15 is 0 Å². The molecule has 0 heterocycles. The maximum atomic E-state index is 11.8. The molecule has 4 rings (SSSR count). The normalized spacial score (nSPS) is 32.3. The van der Waals surface area contributed by atoms with Crippen molar-refractivity contribution in [3.8, 4) is 0 Å². The highest BCUT2D eigenvalue weighted by atomic mass is 16.5. The molecule has 0 aromatic carbocycles. The molecule has 0 aromatic heterocycles. The topological polar surface area (TPSA) is 52.6 Å². The van der Waals surface area contributed by atoms with Gasteiger partial charge in [0.2, 0.25) is 0 Å². The van der Waals surface area contributed by atoms with Crippen LogP contribution >= 0.6 is 0 Å². The van der Waals surface area contributed by atoms with E-state index in [0.29, 0.717) is 24.5 Å². The fourth-order valence-corrected chi connectivity index (χ4v) is 5.86. The first kappa shape index (κ1) is 19.4. The molecule has 0 saturated heterocycles. The highest BCUT2D eigenvalue weighted by molar-refractivity contribution is 5.91. The molecule has 146 valence electrons. The highest BCUT2D eigenvalue weighted by Gasteiger charge is 2.50. The average Bonchev–Trinajstić information content (AvgIpc) is 2.55. The molecule has 4 aliphatic carbocycles. The first-order chi connectivity index (χ1) is 12.4.